The van der Waals surface area contributed by atoms with E-state index in [0.717, 1.165) is 32.7 Å². The third-order valence-electron chi connectivity index (χ3n) is 4.65. The number of thiophene rings is 1. The summed E-state index contributed by atoms with van der Waals surface area (Å²) >= 11 is 1.58. The number of pyridine rings is 1. The van der Waals surface area contributed by atoms with Crippen LogP contribution in [0.25, 0.3) is 22.2 Å². The first-order valence-electron chi connectivity index (χ1n) is 9.66. The lowest BCUT2D eigenvalue weighted by Gasteiger charge is -2.10. The molecule has 0 saturated heterocycles. The number of benzene rings is 2. The molecule has 0 fully saturated rings. The molecule has 0 aliphatic carbocycles. The number of rotatable bonds is 6. The second-order valence-electron chi connectivity index (χ2n) is 6.70. The number of nitrogens with zero attached hydrogens (tertiary/aromatic N) is 2. The van der Waals surface area contributed by atoms with E-state index in [1.165, 1.54) is 0 Å². The van der Waals surface area contributed by atoms with Crippen LogP contribution in [0.4, 0.5) is 0 Å². The second kappa shape index (κ2) is 8.88. The van der Waals surface area contributed by atoms with Gasteiger partial charge in [-0.2, -0.15) is 5.10 Å². The number of fused-ring (bicyclic) bond motifs is 1. The van der Waals surface area contributed by atoms with Crippen LogP contribution in [0.1, 0.15) is 27.7 Å². The van der Waals surface area contributed by atoms with Crippen LogP contribution < -0.4 is 10.2 Å². The molecule has 0 bridgehead atoms. The van der Waals surface area contributed by atoms with Crippen molar-refractivity contribution in [2.45, 2.75) is 13.8 Å². The van der Waals surface area contributed by atoms with Crippen molar-refractivity contribution in [3.8, 4) is 17.0 Å². The van der Waals surface area contributed by atoms with Gasteiger partial charge in [0.15, 0.2) is 0 Å². The Balaban J connectivity index is 1.70. The summed E-state index contributed by atoms with van der Waals surface area (Å²) < 4.78 is 5.61. The first-order chi connectivity index (χ1) is 14.7. The van der Waals surface area contributed by atoms with Gasteiger partial charge in [-0.15, -0.1) is 11.3 Å². The minimum absolute atomic E-state index is 0.277. The molecule has 30 heavy (non-hydrogen) atoms. The number of hydrogen-bond acceptors (Lipinski definition) is 5. The Bertz CT molecular complexity index is 1230. The number of carbonyl (C=O) groups is 1. The third kappa shape index (κ3) is 4.23. The average molecular weight is 416 g/mol. The Morgan fingerprint density at radius 2 is 2.03 bits per heavy atom. The highest BCUT2D eigenvalue weighted by Crippen LogP contribution is 2.27. The van der Waals surface area contributed by atoms with E-state index in [-0.39, 0.29) is 5.91 Å². The quantitative estimate of drug-likeness (QED) is 0.337. The number of hydrazone groups is 1. The maximum atomic E-state index is 13.0. The summed E-state index contributed by atoms with van der Waals surface area (Å²) in [6, 6.07) is 19.1. The third-order valence-corrected chi connectivity index (χ3v) is 5.60. The van der Waals surface area contributed by atoms with Gasteiger partial charge >= 0.3 is 0 Å². The summed E-state index contributed by atoms with van der Waals surface area (Å²) in [5.41, 5.74) is 6.65. The van der Waals surface area contributed by atoms with Crippen molar-refractivity contribution >= 4 is 34.4 Å². The molecule has 0 aliphatic heterocycles. The van der Waals surface area contributed by atoms with E-state index < -0.39 is 0 Å². The van der Waals surface area contributed by atoms with Gasteiger partial charge in [0.05, 0.1) is 29.6 Å². The second-order valence-corrected chi connectivity index (χ2v) is 7.65. The summed E-state index contributed by atoms with van der Waals surface area (Å²) in [6.07, 6.45) is 1.67. The van der Waals surface area contributed by atoms with E-state index in [0.29, 0.717) is 17.9 Å². The first-order valence-corrected chi connectivity index (χ1v) is 10.5. The lowest BCUT2D eigenvalue weighted by Crippen LogP contribution is -2.18. The van der Waals surface area contributed by atoms with E-state index in [1.807, 2.05) is 73.8 Å². The van der Waals surface area contributed by atoms with Crippen LogP contribution in [-0.4, -0.2) is 23.7 Å². The van der Waals surface area contributed by atoms with Crippen molar-refractivity contribution in [3.05, 3.63) is 82.0 Å². The smallest absolute Gasteiger partial charge is 0.272 e. The van der Waals surface area contributed by atoms with Gasteiger partial charge in [-0.3, -0.25) is 4.79 Å². The van der Waals surface area contributed by atoms with E-state index in [4.69, 9.17) is 9.72 Å². The highest BCUT2D eigenvalue weighted by atomic mass is 32.1. The Morgan fingerprint density at radius 1 is 1.17 bits per heavy atom. The lowest BCUT2D eigenvalue weighted by atomic mass is 10.0. The number of aromatic nitrogens is 1. The van der Waals surface area contributed by atoms with Crippen LogP contribution in [-0.2, 0) is 0 Å². The zero-order valence-corrected chi connectivity index (χ0v) is 17.6. The largest absolute Gasteiger partial charge is 0.494 e. The molecular formula is C24H21N3O2S. The molecule has 2 aromatic carbocycles. The predicted molar refractivity (Wildman–Crippen MR) is 122 cm³/mol. The monoisotopic (exact) mass is 415 g/mol. The Labute approximate surface area is 179 Å². The van der Waals surface area contributed by atoms with Gasteiger partial charge in [-0.1, -0.05) is 30.3 Å². The number of hydrogen-bond donors (Lipinski definition) is 1. The Kier molecular flexibility index (Phi) is 5.86. The van der Waals surface area contributed by atoms with Crippen LogP contribution in [0.5, 0.6) is 5.75 Å². The molecule has 0 saturated carbocycles. The topological polar surface area (TPSA) is 63.6 Å². The van der Waals surface area contributed by atoms with Gasteiger partial charge in [-0.05, 0) is 55.1 Å². The van der Waals surface area contributed by atoms with Gasteiger partial charge < -0.3 is 4.74 Å². The standard InChI is InChI=1S/C24H21N3O2S/c1-3-29-18-8-6-7-17(13-18)22-14-20(19-9-4-5-10-21(19)26-22)24(28)27-25-15-23-16(2)11-12-30-23/h4-15H,3H2,1-2H3,(H,27,28). The highest BCUT2D eigenvalue weighted by Gasteiger charge is 2.14. The average Bonchev–Trinajstić information content (AvgIpc) is 3.18. The minimum atomic E-state index is -0.277. The molecule has 0 radical (unpaired) electrons. The number of carbonyl (C=O) groups excluding carboxylic acids is 1. The molecule has 1 N–H and O–H groups in total. The van der Waals surface area contributed by atoms with Crippen LogP contribution in [0, 0.1) is 6.92 Å². The molecule has 4 aromatic rings. The SMILES string of the molecule is CCOc1cccc(-c2cc(C(=O)NN=Cc3sccc3C)c3ccccc3n2)c1. The molecule has 4 rings (SSSR count). The van der Waals surface area contributed by atoms with Crippen LogP contribution in [0.3, 0.4) is 0 Å². The molecule has 0 unspecified atom stereocenters. The number of aryl methyl sites for hydroxylation is 1. The number of para-hydroxylation sites is 1. The summed E-state index contributed by atoms with van der Waals surface area (Å²) in [5.74, 6) is 0.494. The summed E-state index contributed by atoms with van der Waals surface area (Å²) in [5, 5.41) is 6.92. The van der Waals surface area contributed by atoms with Crippen LogP contribution in [0.2, 0.25) is 0 Å². The van der Waals surface area contributed by atoms with Gasteiger partial charge in [0.25, 0.3) is 5.91 Å². The molecule has 0 aliphatic rings. The zero-order valence-electron chi connectivity index (χ0n) is 16.8. The summed E-state index contributed by atoms with van der Waals surface area (Å²) in [6.45, 7) is 4.55. The maximum Gasteiger partial charge on any atom is 0.272 e. The van der Waals surface area contributed by atoms with Crippen LogP contribution >= 0.6 is 11.3 Å². The van der Waals surface area contributed by atoms with E-state index in [2.05, 4.69) is 10.5 Å². The van der Waals surface area contributed by atoms with Crippen molar-refractivity contribution in [2.24, 2.45) is 5.10 Å². The minimum Gasteiger partial charge on any atom is -0.494 e. The van der Waals surface area contributed by atoms with Gasteiger partial charge in [-0.25, -0.2) is 10.4 Å². The van der Waals surface area contributed by atoms with Gasteiger partial charge in [0, 0.05) is 15.8 Å². The molecule has 5 nitrogen and oxygen atoms in total. The van der Waals surface area contributed by atoms with Crippen molar-refractivity contribution in [2.75, 3.05) is 6.61 Å². The Hall–Kier alpha value is -3.51. The maximum absolute atomic E-state index is 13.0. The van der Waals surface area contributed by atoms with Crippen molar-refractivity contribution in [1.29, 1.82) is 0 Å². The molecular weight excluding hydrogens is 394 g/mol. The van der Waals surface area contributed by atoms with Gasteiger partial charge in [0.1, 0.15) is 5.75 Å². The fourth-order valence-electron chi connectivity index (χ4n) is 3.15. The zero-order chi connectivity index (χ0) is 20.9. The number of amides is 1. The fraction of sp³-hybridized carbons (Fsp3) is 0.125. The van der Waals surface area contributed by atoms with E-state index in [9.17, 15) is 4.79 Å². The summed E-state index contributed by atoms with van der Waals surface area (Å²) in [4.78, 5) is 18.7. The van der Waals surface area contributed by atoms with Crippen molar-refractivity contribution < 1.29 is 9.53 Å². The van der Waals surface area contributed by atoms with Gasteiger partial charge in [0.2, 0.25) is 0 Å². The van der Waals surface area contributed by atoms with Crippen molar-refractivity contribution in [3.63, 3.8) is 0 Å². The number of nitrogens with one attached hydrogen (secondary N) is 1. The molecule has 150 valence electrons. The lowest BCUT2D eigenvalue weighted by molar-refractivity contribution is 0.0956. The number of ether oxygens (including phenoxy) is 1. The molecule has 2 aromatic heterocycles. The molecule has 0 spiro atoms. The van der Waals surface area contributed by atoms with E-state index in [1.54, 1.807) is 23.6 Å². The fourth-order valence-corrected chi connectivity index (χ4v) is 3.94. The van der Waals surface area contributed by atoms with Crippen LogP contribution in [0.15, 0.2) is 71.1 Å². The van der Waals surface area contributed by atoms with Crippen molar-refractivity contribution in [1.82, 2.24) is 10.4 Å². The molecule has 6 heteroatoms. The molecule has 0 atom stereocenters. The summed E-state index contributed by atoms with van der Waals surface area (Å²) in [7, 11) is 0. The predicted octanol–water partition coefficient (Wildman–Crippen LogP) is 5.43. The Morgan fingerprint density at radius 3 is 2.83 bits per heavy atom. The highest BCUT2D eigenvalue weighted by molar-refractivity contribution is 7.11. The molecule has 1 amide bonds. The first kappa shape index (κ1) is 19.8. The van der Waals surface area contributed by atoms with E-state index >= 15 is 0 Å². The molecule has 2 heterocycles. The normalized spacial score (nSPS) is 11.1.